The van der Waals surface area contributed by atoms with E-state index in [9.17, 15) is 14.4 Å². The summed E-state index contributed by atoms with van der Waals surface area (Å²) in [6.07, 6.45) is 0. The molecule has 106 valence electrons. The molecular weight excluding hydrogens is 346 g/mol. The molecule has 2 N–H and O–H groups in total. The van der Waals surface area contributed by atoms with Gasteiger partial charge < -0.3 is 4.90 Å². The number of nitrogens with zero attached hydrogens (tertiary/aromatic N) is 1. The Hall–Kier alpha value is -1.54. The summed E-state index contributed by atoms with van der Waals surface area (Å²) in [7, 11) is 0. The van der Waals surface area contributed by atoms with Crippen molar-refractivity contribution in [3.63, 3.8) is 0 Å². The van der Waals surface area contributed by atoms with Gasteiger partial charge in [0.25, 0.3) is 11.8 Å². The second-order valence-electron chi connectivity index (χ2n) is 4.05. The van der Waals surface area contributed by atoms with Crippen molar-refractivity contribution >= 4 is 45.4 Å². The molecule has 2 rings (SSSR count). The lowest BCUT2D eigenvalue weighted by molar-refractivity contribution is -0.132. The molecule has 1 saturated heterocycles. The molecule has 1 aromatic carbocycles. The molecule has 0 aliphatic carbocycles. The number of hydrogen-bond acceptors (Lipinski definition) is 4. The first-order valence-corrected chi connectivity index (χ1v) is 7.72. The van der Waals surface area contributed by atoms with Gasteiger partial charge in [0, 0.05) is 4.47 Å². The lowest BCUT2D eigenvalue weighted by Crippen LogP contribution is -2.46. The van der Waals surface area contributed by atoms with Gasteiger partial charge in [-0.05, 0) is 28.1 Å². The van der Waals surface area contributed by atoms with Crippen LogP contribution in [0.4, 0.5) is 0 Å². The van der Waals surface area contributed by atoms with E-state index >= 15 is 0 Å². The van der Waals surface area contributed by atoms with Crippen molar-refractivity contribution in [2.45, 2.75) is 0 Å². The fourth-order valence-corrected chi connectivity index (χ4v) is 2.96. The van der Waals surface area contributed by atoms with Crippen LogP contribution in [-0.2, 0) is 9.59 Å². The highest BCUT2D eigenvalue weighted by molar-refractivity contribution is 9.10. The maximum Gasteiger partial charge on any atom is 0.270 e. The average Bonchev–Trinajstić information content (AvgIpc) is 2.82. The zero-order chi connectivity index (χ0) is 14.5. The fraction of sp³-hybridized carbons (Fsp3) is 0.250. The topological polar surface area (TPSA) is 78.5 Å². The Morgan fingerprint density at radius 2 is 2.05 bits per heavy atom. The highest BCUT2D eigenvalue weighted by atomic mass is 79.9. The Morgan fingerprint density at radius 3 is 2.70 bits per heavy atom. The maximum atomic E-state index is 11.8. The summed E-state index contributed by atoms with van der Waals surface area (Å²) in [5.74, 6) is -0.0161. The molecule has 1 aliphatic rings. The number of carbonyl (C=O) groups is 3. The van der Waals surface area contributed by atoms with Gasteiger partial charge >= 0.3 is 0 Å². The van der Waals surface area contributed by atoms with Crippen LogP contribution in [0, 0.1) is 0 Å². The molecule has 0 unspecified atom stereocenters. The highest BCUT2D eigenvalue weighted by Crippen LogP contribution is 2.15. The molecule has 1 aliphatic heterocycles. The van der Waals surface area contributed by atoms with Crippen LogP contribution >= 0.6 is 27.7 Å². The first-order chi connectivity index (χ1) is 9.58. The molecule has 1 fully saturated rings. The number of thioether (sulfide) groups is 1. The standard InChI is InChI=1S/C12H12BrN3O3S/c13-9-4-2-1-3-8(9)12(19)15-14-10(17)5-16-7-20-6-11(16)18/h1-4H,5-7H2,(H,14,17)(H,15,19). The SMILES string of the molecule is O=C(CN1CSCC1=O)NNC(=O)c1ccccc1Br. The minimum Gasteiger partial charge on any atom is -0.323 e. The maximum absolute atomic E-state index is 11.8. The molecule has 1 aromatic rings. The molecule has 0 bridgehead atoms. The third-order valence-electron chi connectivity index (χ3n) is 2.59. The minimum atomic E-state index is -0.429. The van der Waals surface area contributed by atoms with Crippen LogP contribution < -0.4 is 10.9 Å². The van der Waals surface area contributed by atoms with Gasteiger partial charge in [-0.25, -0.2) is 0 Å². The van der Waals surface area contributed by atoms with Crippen LogP contribution in [0.25, 0.3) is 0 Å². The van der Waals surface area contributed by atoms with Crippen molar-refractivity contribution in [2.24, 2.45) is 0 Å². The van der Waals surface area contributed by atoms with Gasteiger partial charge in [0.15, 0.2) is 0 Å². The van der Waals surface area contributed by atoms with E-state index in [1.807, 2.05) is 0 Å². The molecule has 0 radical (unpaired) electrons. The normalized spacial score (nSPS) is 14.2. The molecule has 0 saturated carbocycles. The molecule has 8 heteroatoms. The number of benzene rings is 1. The summed E-state index contributed by atoms with van der Waals surface area (Å²) < 4.78 is 0.637. The largest absolute Gasteiger partial charge is 0.323 e. The van der Waals surface area contributed by atoms with Gasteiger partial charge in [-0.3, -0.25) is 25.2 Å². The average molecular weight is 358 g/mol. The van der Waals surface area contributed by atoms with Crippen molar-refractivity contribution < 1.29 is 14.4 Å². The number of hydrazine groups is 1. The first kappa shape index (κ1) is 14.9. The monoisotopic (exact) mass is 357 g/mol. The van der Waals surface area contributed by atoms with E-state index in [1.54, 1.807) is 24.3 Å². The summed E-state index contributed by atoms with van der Waals surface area (Å²) in [5, 5.41) is 0. The van der Waals surface area contributed by atoms with E-state index in [1.165, 1.54) is 16.7 Å². The predicted molar refractivity (Wildman–Crippen MR) is 78.8 cm³/mol. The van der Waals surface area contributed by atoms with Gasteiger partial charge in [0.05, 0.1) is 17.2 Å². The molecule has 0 spiro atoms. The number of amides is 3. The fourth-order valence-electron chi connectivity index (χ4n) is 1.59. The number of nitrogens with one attached hydrogen (secondary N) is 2. The predicted octanol–water partition coefficient (Wildman–Crippen LogP) is 0.743. The molecule has 0 atom stereocenters. The molecule has 20 heavy (non-hydrogen) atoms. The third-order valence-corrected chi connectivity index (χ3v) is 4.23. The van der Waals surface area contributed by atoms with Crippen LogP contribution in [0.1, 0.15) is 10.4 Å². The summed E-state index contributed by atoms with van der Waals surface area (Å²) >= 11 is 4.71. The number of hydrogen-bond donors (Lipinski definition) is 2. The van der Waals surface area contributed by atoms with E-state index in [0.717, 1.165) is 0 Å². The van der Waals surface area contributed by atoms with Gasteiger partial charge in [-0.2, -0.15) is 0 Å². The molecule has 3 amide bonds. The van der Waals surface area contributed by atoms with Crippen molar-refractivity contribution in [3.8, 4) is 0 Å². The van der Waals surface area contributed by atoms with Gasteiger partial charge in [0.2, 0.25) is 5.91 Å². The Kier molecular flexibility index (Phi) is 5.02. The molecular formula is C12H12BrN3O3S. The van der Waals surface area contributed by atoms with Crippen LogP contribution in [0.3, 0.4) is 0 Å². The Labute approximate surface area is 128 Å². The van der Waals surface area contributed by atoms with Crippen molar-refractivity contribution in [2.75, 3.05) is 18.2 Å². The number of rotatable bonds is 3. The van der Waals surface area contributed by atoms with Crippen LogP contribution in [0.5, 0.6) is 0 Å². The quantitative estimate of drug-likeness (QED) is 0.782. The van der Waals surface area contributed by atoms with Crippen molar-refractivity contribution in [1.82, 2.24) is 15.8 Å². The summed E-state index contributed by atoms with van der Waals surface area (Å²) in [5.41, 5.74) is 5.03. The lowest BCUT2D eigenvalue weighted by atomic mass is 10.2. The van der Waals surface area contributed by atoms with Gasteiger partial charge in [-0.1, -0.05) is 12.1 Å². The summed E-state index contributed by atoms with van der Waals surface area (Å²) in [4.78, 5) is 36.2. The Bertz CT molecular complexity index is 553. The molecule has 0 aromatic heterocycles. The summed E-state index contributed by atoms with van der Waals surface area (Å²) in [6.45, 7) is -0.0535. The van der Waals surface area contributed by atoms with E-state index in [4.69, 9.17) is 0 Å². The second kappa shape index (κ2) is 6.76. The first-order valence-electron chi connectivity index (χ1n) is 5.77. The van der Waals surface area contributed by atoms with E-state index in [-0.39, 0.29) is 12.5 Å². The third kappa shape index (κ3) is 3.73. The molecule has 6 nitrogen and oxygen atoms in total. The lowest BCUT2D eigenvalue weighted by Gasteiger charge is -2.14. The van der Waals surface area contributed by atoms with Crippen LogP contribution in [0.15, 0.2) is 28.7 Å². The van der Waals surface area contributed by atoms with E-state index < -0.39 is 11.8 Å². The zero-order valence-corrected chi connectivity index (χ0v) is 12.8. The Balaban J connectivity index is 1.83. The smallest absolute Gasteiger partial charge is 0.270 e. The minimum absolute atomic E-state index is 0.0535. The second-order valence-corrected chi connectivity index (χ2v) is 5.86. The van der Waals surface area contributed by atoms with Crippen LogP contribution in [0.2, 0.25) is 0 Å². The van der Waals surface area contributed by atoms with Crippen molar-refractivity contribution in [1.29, 1.82) is 0 Å². The Morgan fingerprint density at radius 1 is 1.30 bits per heavy atom. The van der Waals surface area contributed by atoms with Crippen LogP contribution in [-0.4, -0.2) is 40.8 Å². The van der Waals surface area contributed by atoms with Gasteiger partial charge in [-0.15, -0.1) is 11.8 Å². The molecule has 1 heterocycles. The summed E-state index contributed by atoms with van der Waals surface area (Å²) in [6, 6.07) is 6.88. The van der Waals surface area contributed by atoms with Gasteiger partial charge in [0.1, 0.15) is 6.54 Å². The van der Waals surface area contributed by atoms with Crippen molar-refractivity contribution in [3.05, 3.63) is 34.3 Å². The highest BCUT2D eigenvalue weighted by Gasteiger charge is 2.23. The van der Waals surface area contributed by atoms with E-state index in [2.05, 4.69) is 26.8 Å². The number of halogens is 1. The van der Waals surface area contributed by atoms with E-state index in [0.29, 0.717) is 21.7 Å². The number of carbonyl (C=O) groups excluding carboxylic acids is 3. The zero-order valence-electron chi connectivity index (χ0n) is 10.4.